The molecule has 0 bridgehead atoms. The van der Waals surface area contributed by atoms with Gasteiger partial charge in [-0.05, 0) is 58.2 Å². The van der Waals surface area contributed by atoms with Gasteiger partial charge in [0.25, 0.3) is 0 Å². The number of aliphatic hydroxyl groups excluding tert-OH is 1. The summed E-state index contributed by atoms with van der Waals surface area (Å²) in [5.41, 5.74) is 1.93. The highest BCUT2D eigenvalue weighted by atomic mass is 79.9. The summed E-state index contributed by atoms with van der Waals surface area (Å²) in [5, 5.41) is 10.3. The Kier molecular flexibility index (Phi) is 5.65. The first kappa shape index (κ1) is 15.9. The molecule has 3 nitrogen and oxygen atoms in total. The van der Waals surface area contributed by atoms with Crippen LogP contribution in [0.3, 0.4) is 0 Å². The molecular formula is C17H19BrO3. The largest absolute Gasteiger partial charge is 0.496 e. The maximum atomic E-state index is 10.3. The fourth-order valence-corrected chi connectivity index (χ4v) is 2.72. The third kappa shape index (κ3) is 4.22. The van der Waals surface area contributed by atoms with Crippen molar-refractivity contribution in [3.05, 3.63) is 58.1 Å². The molecule has 0 amide bonds. The highest BCUT2D eigenvalue weighted by molar-refractivity contribution is 9.10. The summed E-state index contributed by atoms with van der Waals surface area (Å²) >= 11 is 3.46. The van der Waals surface area contributed by atoms with Crippen LogP contribution in [0.4, 0.5) is 0 Å². The average Bonchev–Trinajstić information content (AvgIpc) is 2.48. The number of hydrogen-bond acceptors (Lipinski definition) is 3. The zero-order valence-electron chi connectivity index (χ0n) is 12.2. The first-order valence-corrected chi connectivity index (χ1v) is 7.66. The van der Waals surface area contributed by atoms with E-state index in [1.54, 1.807) is 7.11 Å². The number of ether oxygens (including phenoxy) is 2. The second-order valence-corrected chi connectivity index (χ2v) is 5.55. The van der Waals surface area contributed by atoms with Crippen LogP contribution < -0.4 is 9.47 Å². The SMILES string of the molecule is CCOc1ccc(C(O)Cc2ccc(OC)c(Br)c2)cc1. The molecule has 0 aliphatic heterocycles. The predicted octanol–water partition coefficient (Wildman–Crippen LogP) is 4.13. The second-order valence-electron chi connectivity index (χ2n) is 4.69. The highest BCUT2D eigenvalue weighted by Crippen LogP contribution is 2.28. The smallest absolute Gasteiger partial charge is 0.133 e. The van der Waals surface area contributed by atoms with Gasteiger partial charge in [0.15, 0.2) is 0 Å². The molecule has 0 saturated heterocycles. The molecule has 1 N–H and O–H groups in total. The van der Waals surface area contributed by atoms with Gasteiger partial charge in [-0.25, -0.2) is 0 Å². The van der Waals surface area contributed by atoms with Crippen LogP contribution >= 0.6 is 15.9 Å². The minimum atomic E-state index is -0.541. The van der Waals surface area contributed by atoms with Crippen LogP contribution in [0.1, 0.15) is 24.2 Å². The summed E-state index contributed by atoms with van der Waals surface area (Å²) in [6.07, 6.45) is 0.0114. The van der Waals surface area contributed by atoms with Crippen molar-refractivity contribution in [1.29, 1.82) is 0 Å². The van der Waals surface area contributed by atoms with E-state index in [4.69, 9.17) is 9.47 Å². The Labute approximate surface area is 133 Å². The fraction of sp³-hybridized carbons (Fsp3) is 0.294. The van der Waals surface area contributed by atoms with Gasteiger partial charge in [0.05, 0.1) is 24.3 Å². The molecule has 0 spiro atoms. The van der Waals surface area contributed by atoms with Crippen LogP contribution in [0.25, 0.3) is 0 Å². The molecule has 1 unspecified atom stereocenters. The van der Waals surface area contributed by atoms with E-state index in [0.29, 0.717) is 13.0 Å². The topological polar surface area (TPSA) is 38.7 Å². The van der Waals surface area contributed by atoms with E-state index in [0.717, 1.165) is 27.1 Å². The van der Waals surface area contributed by atoms with Crippen LogP contribution in [-0.2, 0) is 6.42 Å². The lowest BCUT2D eigenvalue weighted by Gasteiger charge is -2.13. The number of hydrogen-bond donors (Lipinski definition) is 1. The molecule has 4 heteroatoms. The van der Waals surface area contributed by atoms with Crippen molar-refractivity contribution in [1.82, 2.24) is 0 Å². The van der Waals surface area contributed by atoms with E-state index in [2.05, 4.69) is 15.9 Å². The Morgan fingerprint density at radius 2 is 1.86 bits per heavy atom. The molecule has 0 aliphatic rings. The number of methoxy groups -OCH3 is 1. The van der Waals surface area contributed by atoms with E-state index >= 15 is 0 Å². The monoisotopic (exact) mass is 350 g/mol. The maximum absolute atomic E-state index is 10.3. The summed E-state index contributed by atoms with van der Waals surface area (Å²) in [5.74, 6) is 1.61. The van der Waals surface area contributed by atoms with Crippen LogP contribution in [0.5, 0.6) is 11.5 Å². The van der Waals surface area contributed by atoms with Crippen molar-refractivity contribution >= 4 is 15.9 Å². The van der Waals surface area contributed by atoms with E-state index in [1.807, 2.05) is 49.4 Å². The summed E-state index contributed by atoms with van der Waals surface area (Å²) in [7, 11) is 1.63. The van der Waals surface area contributed by atoms with Crippen molar-refractivity contribution in [2.75, 3.05) is 13.7 Å². The standard InChI is InChI=1S/C17H19BrO3/c1-3-21-14-7-5-13(6-8-14)16(19)11-12-4-9-17(20-2)15(18)10-12/h4-10,16,19H,3,11H2,1-2H3. The van der Waals surface area contributed by atoms with Crippen molar-refractivity contribution in [2.45, 2.75) is 19.4 Å². The van der Waals surface area contributed by atoms with E-state index in [-0.39, 0.29) is 0 Å². The first-order valence-electron chi connectivity index (χ1n) is 6.87. The molecule has 1 atom stereocenters. The molecule has 2 aromatic rings. The molecular weight excluding hydrogens is 332 g/mol. The summed E-state index contributed by atoms with van der Waals surface area (Å²) in [6, 6.07) is 13.4. The molecule has 0 saturated carbocycles. The lowest BCUT2D eigenvalue weighted by molar-refractivity contribution is 0.178. The van der Waals surface area contributed by atoms with Crippen LogP contribution in [0.2, 0.25) is 0 Å². The summed E-state index contributed by atoms with van der Waals surface area (Å²) in [6.45, 7) is 2.59. The molecule has 112 valence electrons. The Bertz CT molecular complexity index is 581. The van der Waals surface area contributed by atoms with Gasteiger partial charge in [-0.1, -0.05) is 18.2 Å². The minimum absolute atomic E-state index is 0.541. The maximum Gasteiger partial charge on any atom is 0.133 e. The zero-order valence-corrected chi connectivity index (χ0v) is 13.8. The van der Waals surface area contributed by atoms with Gasteiger partial charge in [-0.2, -0.15) is 0 Å². The molecule has 0 heterocycles. The third-order valence-electron chi connectivity index (χ3n) is 3.22. The normalized spacial score (nSPS) is 12.0. The average molecular weight is 351 g/mol. The van der Waals surface area contributed by atoms with Gasteiger partial charge < -0.3 is 14.6 Å². The van der Waals surface area contributed by atoms with E-state index in [9.17, 15) is 5.11 Å². The molecule has 0 fully saturated rings. The second kappa shape index (κ2) is 7.48. The van der Waals surface area contributed by atoms with Crippen molar-refractivity contribution < 1.29 is 14.6 Å². The third-order valence-corrected chi connectivity index (χ3v) is 3.84. The Hall–Kier alpha value is -1.52. The Balaban J connectivity index is 2.06. The van der Waals surface area contributed by atoms with Crippen LogP contribution in [0, 0.1) is 0 Å². The molecule has 0 aromatic heterocycles. The van der Waals surface area contributed by atoms with Gasteiger partial charge >= 0.3 is 0 Å². The van der Waals surface area contributed by atoms with Gasteiger partial charge in [-0.3, -0.25) is 0 Å². The van der Waals surface area contributed by atoms with Crippen molar-refractivity contribution in [2.24, 2.45) is 0 Å². The van der Waals surface area contributed by atoms with Crippen LogP contribution in [0.15, 0.2) is 46.9 Å². The Morgan fingerprint density at radius 3 is 2.43 bits per heavy atom. The first-order chi connectivity index (χ1) is 10.1. The zero-order chi connectivity index (χ0) is 15.2. The van der Waals surface area contributed by atoms with Crippen LogP contribution in [-0.4, -0.2) is 18.8 Å². The molecule has 2 aromatic carbocycles. The Morgan fingerprint density at radius 1 is 1.14 bits per heavy atom. The molecule has 21 heavy (non-hydrogen) atoms. The lowest BCUT2D eigenvalue weighted by Crippen LogP contribution is -2.02. The van der Waals surface area contributed by atoms with Gasteiger partial charge in [0.2, 0.25) is 0 Å². The number of halogens is 1. The molecule has 0 aliphatic carbocycles. The van der Waals surface area contributed by atoms with E-state index < -0.39 is 6.10 Å². The fourth-order valence-electron chi connectivity index (χ4n) is 2.13. The summed E-state index contributed by atoms with van der Waals surface area (Å²) in [4.78, 5) is 0. The van der Waals surface area contributed by atoms with Crippen molar-refractivity contribution in [3.63, 3.8) is 0 Å². The van der Waals surface area contributed by atoms with Gasteiger partial charge in [-0.15, -0.1) is 0 Å². The number of aliphatic hydroxyl groups is 1. The number of benzene rings is 2. The predicted molar refractivity (Wildman–Crippen MR) is 87.0 cm³/mol. The molecule has 2 rings (SSSR count). The van der Waals surface area contributed by atoms with Gasteiger partial charge in [0.1, 0.15) is 11.5 Å². The highest BCUT2D eigenvalue weighted by Gasteiger charge is 2.10. The minimum Gasteiger partial charge on any atom is -0.496 e. The van der Waals surface area contributed by atoms with Gasteiger partial charge in [0, 0.05) is 6.42 Å². The summed E-state index contributed by atoms with van der Waals surface area (Å²) < 4.78 is 11.5. The van der Waals surface area contributed by atoms with Crippen molar-refractivity contribution in [3.8, 4) is 11.5 Å². The van der Waals surface area contributed by atoms with E-state index in [1.165, 1.54) is 0 Å². The number of rotatable bonds is 6. The molecule has 0 radical (unpaired) electrons. The quantitative estimate of drug-likeness (QED) is 0.850. The lowest BCUT2D eigenvalue weighted by atomic mass is 10.0.